The van der Waals surface area contributed by atoms with Crippen LogP contribution in [-0.4, -0.2) is 0 Å². The van der Waals surface area contributed by atoms with Gasteiger partial charge in [0.1, 0.15) is 0 Å². The summed E-state index contributed by atoms with van der Waals surface area (Å²) < 4.78 is 0. The van der Waals surface area contributed by atoms with E-state index in [0.29, 0.717) is 5.92 Å². The summed E-state index contributed by atoms with van der Waals surface area (Å²) >= 11 is 0. The largest absolute Gasteiger partial charge is 0.310 e. The van der Waals surface area contributed by atoms with Crippen LogP contribution in [-0.2, 0) is 5.41 Å². The smallest absolute Gasteiger partial charge is 0.0540 e. The molecule has 0 bridgehead atoms. The molecule has 65 heavy (non-hydrogen) atoms. The number of nitrogens with zero attached hydrogens (tertiary/aromatic N) is 1. The van der Waals surface area contributed by atoms with Crippen molar-refractivity contribution < 1.29 is 0 Å². The Bertz CT molecular complexity index is 3350. The highest BCUT2D eigenvalue weighted by Gasteiger charge is 2.40. The van der Waals surface area contributed by atoms with Crippen molar-refractivity contribution in [1.82, 2.24) is 0 Å². The molecule has 1 atom stereocenters. The third kappa shape index (κ3) is 6.69. The Morgan fingerprint density at radius 3 is 1.75 bits per heavy atom. The lowest BCUT2D eigenvalue weighted by Gasteiger charge is -2.29. The van der Waals surface area contributed by atoms with Gasteiger partial charge in [0.2, 0.25) is 0 Å². The van der Waals surface area contributed by atoms with Crippen molar-refractivity contribution in [3.8, 4) is 44.5 Å². The standard InChI is InChI=1S/C64H51N/c1-64(50-23-6-3-7-24-50)60-31-12-10-26-56(60)57-42-37-49(43-61(57)64)44-33-38-51(39-34-44)65(52-40-35-47(36-41-52)54-28-14-20-45-19-8-9-25-53(45)54)62-32-13-11-27-58(62)59-30-16-22-48-21-15-29-55(63(48)59)46-17-4-2-5-18-46/h3,6-16,19-43,46H,2,4-5,17-18H2,1H3. The van der Waals surface area contributed by atoms with E-state index in [0.717, 1.165) is 17.1 Å². The van der Waals surface area contributed by atoms with Gasteiger partial charge >= 0.3 is 0 Å². The maximum Gasteiger partial charge on any atom is 0.0540 e. The van der Waals surface area contributed by atoms with Crippen LogP contribution < -0.4 is 4.90 Å². The van der Waals surface area contributed by atoms with Gasteiger partial charge in [-0.25, -0.2) is 0 Å². The normalized spacial score (nSPS) is 15.8. The van der Waals surface area contributed by atoms with Crippen LogP contribution in [0.2, 0.25) is 0 Å². The van der Waals surface area contributed by atoms with E-state index >= 15 is 0 Å². The number of rotatable bonds is 8. The number of anilines is 3. The van der Waals surface area contributed by atoms with Crippen molar-refractivity contribution in [2.24, 2.45) is 0 Å². The topological polar surface area (TPSA) is 3.24 Å². The van der Waals surface area contributed by atoms with E-state index in [4.69, 9.17) is 0 Å². The molecule has 1 nitrogen and oxygen atoms in total. The summed E-state index contributed by atoms with van der Waals surface area (Å²) in [4.78, 5) is 2.47. The van der Waals surface area contributed by atoms with Crippen LogP contribution >= 0.6 is 0 Å². The number of hydrogen-bond acceptors (Lipinski definition) is 1. The summed E-state index contributed by atoms with van der Waals surface area (Å²) in [5.41, 5.74) is 18.8. The summed E-state index contributed by atoms with van der Waals surface area (Å²) in [6.45, 7) is 2.40. The first-order valence-electron chi connectivity index (χ1n) is 23.5. The van der Waals surface area contributed by atoms with E-state index in [1.54, 1.807) is 0 Å². The molecule has 0 radical (unpaired) electrons. The summed E-state index contributed by atoms with van der Waals surface area (Å²) in [7, 11) is 0. The number of benzene rings is 10. The fourth-order valence-electron chi connectivity index (χ4n) is 11.5. The Labute approximate surface area is 383 Å². The van der Waals surface area contributed by atoms with Crippen LogP contribution in [0.1, 0.15) is 67.2 Å². The molecule has 2 aliphatic carbocycles. The monoisotopic (exact) mass is 833 g/mol. The van der Waals surface area contributed by atoms with Gasteiger partial charge in [0.05, 0.1) is 5.69 Å². The highest BCUT2D eigenvalue weighted by atomic mass is 15.1. The number of fused-ring (bicyclic) bond motifs is 5. The van der Waals surface area contributed by atoms with Crippen LogP contribution in [0.25, 0.3) is 66.1 Å². The second-order valence-electron chi connectivity index (χ2n) is 18.4. The first-order valence-corrected chi connectivity index (χ1v) is 23.5. The van der Waals surface area contributed by atoms with Crippen LogP contribution in [0, 0.1) is 0 Å². The zero-order valence-corrected chi connectivity index (χ0v) is 36.9. The number of hydrogen-bond donors (Lipinski definition) is 0. The van der Waals surface area contributed by atoms with Crippen molar-refractivity contribution >= 4 is 38.6 Å². The zero-order valence-electron chi connectivity index (χ0n) is 36.9. The fourth-order valence-corrected chi connectivity index (χ4v) is 11.5. The predicted octanol–water partition coefficient (Wildman–Crippen LogP) is 17.8. The van der Waals surface area contributed by atoms with Crippen molar-refractivity contribution in [1.29, 1.82) is 0 Å². The molecule has 0 N–H and O–H groups in total. The lowest BCUT2D eigenvalue weighted by atomic mass is 9.74. The second-order valence-corrected chi connectivity index (χ2v) is 18.4. The van der Waals surface area contributed by atoms with E-state index < -0.39 is 0 Å². The highest BCUT2D eigenvalue weighted by Crippen LogP contribution is 2.53. The van der Waals surface area contributed by atoms with Gasteiger partial charge in [-0.3, -0.25) is 0 Å². The van der Waals surface area contributed by atoms with Crippen LogP contribution in [0.5, 0.6) is 0 Å². The summed E-state index contributed by atoms with van der Waals surface area (Å²) in [6, 6.07) is 83.8. The molecule has 1 saturated carbocycles. The maximum atomic E-state index is 2.47. The number of para-hydroxylation sites is 1. The SMILES string of the molecule is CC1(c2ccccc2)c2ccccc2-c2ccc(-c3ccc(N(c4ccc(-c5cccc6ccccc56)cc4)c4ccccc4-c4cccc5cccc(C6CCCCC6)c45)cc3)cc21. The molecule has 10 aromatic carbocycles. The Morgan fingerprint density at radius 1 is 0.400 bits per heavy atom. The van der Waals surface area contributed by atoms with E-state index in [9.17, 15) is 0 Å². The third-order valence-electron chi connectivity index (χ3n) is 14.8. The Morgan fingerprint density at radius 2 is 0.969 bits per heavy atom. The highest BCUT2D eigenvalue weighted by molar-refractivity contribution is 6.04. The summed E-state index contributed by atoms with van der Waals surface area (Å²) in [5.74, 6) is 0.588. The first kappa shape index (κ1) is 39.1. The van der Waals surface area contributed by atoms with Gasteiger partial charge in [0.25, 0.3) is 0 Å². The van der Waals surface area contributed by atoms with E-state index in [2.05, 4.69) is 236 Å². The molecule has 0 saturated heterocycles. The van der Waals surface area contributed by atoms with Gasteiger partial charge < -0.3 is 4.90 Å². The van der Waals surface area contributed by atoms with Gasteiger partial charge in [0.15, 0.2) is 0 Å². The van der Waals surface area contributed by atoms with Crippen molar-refractivity contribution in [2.45, 2.75) is 50.4 Å². The average Bonchev–Trinajstić information content (AvgIpc) is 3.64. The van der Waals surface area contributed by atoms with Gasteiger partial charge in [-0.2, -0.15) is 0 Å². The van der Waals surface area contributed by atoms with Gasteiger partial charge in [0, 0.05) is 22.4 Å². The van der Waals surface area contributed by atoms with Crippen molar-refractivity contribution in [3.63, 3.8) is 0 Å². The summed E-state index contributed by atoms with van der Waals surface area (Å²) in [6.07, 6.45) is 6.49. The van der Waals surface area contributed by atoms with Crippen molar-refractivity contribution in [2.75, 3.05) is 4.90 Å². The Kier molecular flexibility index (Phi) is 9.79. The van der Waals surface area contributed by atoms with Gasteiger partial charge in [-0.1, -0.05) is 207 Å². The van der Waals surface area contributed by atoms with Crippen LogP contribution in [0.15, 0.2) is 224 Å². The quantitative estimate of drug-likeness (QED) is 0.147. The van der Waals surface area contributed by atoms with E-state index in [1.165, 1.54) is 120 Å². The minimum absolute atomic E-state index is 0.250. The fraction of sp³-hybridized carbons (Fsp3) is 0.125. The molecule has 0 amide bonds. The molecular weight excluding hydrogens is 783 g/mol. The molecule has 0 aromatic heterocycles. The van der Waals surface area contributed by atoms with E-state index in [1.807, 2.05) is 0 Å². The first-order chi connectivity index (χ1) is 32.1. The molecule has 1 heteroatoms. The van der Waals surface area contributed by atoms with Crippen LogP contribution in [0.3, 0.4) is 0 Å². The van der Waals surface area contributed by atoms with Gasteiger partial charge in [-0.05, 0) is 145 Å². The molecule has 12 rings (SSSR count). The molecular formula is C64H51N. The average molecular weight is 834 g/mol. The molecule has 312 valence electrons. The minimum atomic E-state index is -0.250. The molecule has 10 aromatic rings. The lowest BCUT2D eigenvalue weighted by molar-refractivity contribution is 0.445. The minimum Gasteiger partial charge on any atom is -0.310 e. The van der Waals surface area contributed by atoms with Crippen LogP contribution in [0.4, 0.5) is 17.1 Å². The second kappa shape index (κ2) is 16.3. The van der Waals surface area contributed by atoms with E-state index in [-0.39, 0.29) is 5.41 Å². The lowest BCUT2D eigenvalue weighted by Crippen LogP contribution is -2.22. The Balaban J connectivity index is 0.992. The molecule has 0 heterocycles. The zero-order chi connectivity index (χ0) is 43.3. The molecule has 1 unspecified atom stereocenters. The predicted molar refractivity (Wildman–Crippen MR) is 276 cm³/mol. The maximum absolute atomic E-state index is 2.47. The molecule has 0 spiro atoms. The molecule has 0 aliphatic heterocycles. The Hall–Kier alpha value is -7.48. The molecule has 2 aliphatic rings. The summed E-state index contributed by atoms with van der Waals surface area (Å²) in [5, 5.41) is 5.24. The van der Waals surface area contributed by atoms with Gasteiger partial charge in [-0.15, -0.1) is 0 Å². The molecule has 1 fully saturated rings. The van der Waals surface area contributed by atoms with Crippen molar-refractivity contribution in [3.05, 3.63) is 247 Å². The third-order valence-corrected chi connectivity index (χ3v) is 14.8.